The molecule has 1 heterocycles. The number of sulfonamides is 1. The molecule has 1 rings (SSSR count). The Labute approximate surface area is 164 Å². The molecule has 0 bridgehead atoms. The van der Waals surface area contributed by atoms with Gasteiger partial charge < -0.3 is 11.1 Å². The van der Waals surface area contributed by atoms with Crippen LogP contribution in [-0.2, 0) is 10.0 Å². The molecule has 6 nitrogen and oxygen atoms in total. The van der Waals surface area contributed by atoms with Crippen molar-refractivity contribution in [3.05, 3.63) is 0 Å². The van der Waals surface area contributed by atoms with Gasteiger partial charge in [0.25, 0.3) is 0 Å². The van der Waals surface area contributed by atoms with Crippen molar-refractivity contribution >= 4 is 40.0 Å². The smallest absolute Gasteiger partial charge is 0.370 e. The second-order valence-electron chi connectivity index (χ2n) is 6.01. The van der Waals surface area contributed by atoms with Crippen molar-refractivity contribution < 1.29 is 21.6 Å². The fourth-order valence-electron chi connectivity index (χ4n) is 2.53. The first-order valence-electron chi connectivity index (χ1n) is 8.28. The summed E-state index contributed by atoms with van der Waals surface area (Å²) < 4.78 is 60.6. The number of nitrogens with two attached hydrogens (primary N) is 1. The molecular weight excluding hydrogens is 472 g/mol. The minimum absolute atomic E-state index is 0. The van der Waals surface area contributed by atoms with Crippen LogP contribution in [0.3, 0.4) is 0 Å². The molecule has 0 spiro atoms. The molecule has 0 radical (unpaired) electrons. The van der Waals surface area contributed by atoms with Gasteiger partial charge in [-0.2, -0.15) is 17.5 Å². The molecule has 0 amide bonds. The number of nitrogens with zero attached hydrogens (tertiary/aromatic N) is 2. The highest BCUT2D eigenvalue weighted by Gasteiger charge is 2.50. The van der Waals surface area contributed by atoms with Crippen molar-refractivity contribution in [2.45, 2.75) is 51.0 Å². The van der Waals surface area contributed by atoms with Crippen LogP contribution in [0.2, 0.25) is 0 Å². The SMILES string of the molecule is CCCCCCNC(N)=NCC1CCN(S(=O)(=O)C(F)(F)F)CC1.I. The molecule has 3 N–H and O–H groups in total. The zero-order valence-electron chi connectivity index (χ0n) is 14.4. The van der Waals surface area contributed by atoms with Crippen LogP contribution >= 0.6 is 24.0 Å². The third kappa shape index (κ3) is 8.29. The fraction of sp³-hybridized carbons (Fsp3) is 0.929. The Hall–Kier alpha value is -0.300. The van der Waals surface area contributed by atoms with Crippen molar-refractivity contribution in [1.82, 2.24) is 9.62 Å². The Morgan fingerprint density at radius 2 is 1.84 bits per heavy atom. The topological polar surface area (TPSA) is 87.8 Å². The van der Waals surface area contributed by atoms with Gasteiger partial charge in [-0.25, -0.2) is 8.42 Å². The molecule has 0 aromatic carbocycles. The first-order chi connectivity index (χ1) is 11.2. The average molecular weight is 500 g/mol. The number of alkyl halides is 3. The number of guanidine groups is 1. The summed E-state index contributed by atoms with van der Waals surface area (Å²) in [6, 6.07) is 0. The zero-order chi connectivity index (χ0) is 18.2. The molecule has 0 aromatic rings. The van der Waals surface area contributed by atoms with E-state index >= 15 is 0 Å². The summed E-state index contributed by atoms with van der Waals surface area (Å²) in [5, 5.41) is 3.01. The predicted molar refractivity (Wildman–Crippen MR) is 103 cm³/mol. The van der Waals surface area contributed by atoms with Gasteiger partial charge in [-0.3, -0.25) is 4.99 Å². The van der Waals surface area contributed by atoms with E-state index in [4.69, 9.17) is 5.73 Å². The average Bonchev–Trinajstić information content (AvgIpc) is 2.52. The van der Waals surface area contributed by atoms with E-state index in [1.54, 1.807) is 0 Å². The number of nitrogens with one attached hydrogen (secondary N) is 1. The molecule has 0 unspecified atom stereocenters. The standard InChI is InChI=1S/C14H27F3N4O2S.HI/c1-2-3-4-5-8-19-13(18)20-11-12-6-9-21(10-7-12)24(22,23)14(15,16)17;/h12H,2-11H2,1H3,(H3,18,19,20);1H. The lowest BCUT2D eigenvalue weighted by molar-refractivity contribution is -0.0496. The van der Waals surface area contributed by atoms with Gasteiger partial charge >= 0.3 is 15.5 Å². The molecule has 150 valence electrons. The van der Waals surface area contributed by atoms with Crippen LogP contribution in [0.5, 0.6) is 0 Å². The van der Waals surface area contributed by atoms with E-state index in [1.165, 1.54) is 6.42 Å². The van der Waals surface area contributed by atoms with Crippen molar-refractivity contribution in [3.63, 3.8) is 0 Å². The molecule has 1 fully saturated rings. The Kier molecular flexibility index (Phi) is 11.3. The lowest BCUT2D eigenvalue weighted by Gasteiger charge is -2.30. The van der Waals surface area contributed by atoms with E-state index in [1.807, 2.05) is 0 Å². The lowest BCUT2D eigenvalue weighted by atomic mass is 9.98. The van der Waals surface area contributed by atoms with E-state index in [0.717, 1.165) is 25.8 Å². The highest BCUT2D eigenvalue weighted by atomic mass is 127. The summed E-state index contributed by atoms with van der Waals surface area (Å²) in [4.78, 5) is 4.19. The number of piperidine rings is 1. The molecular formula is C14H28F3IN4O2S. The molecule has 0 aromatic heterocycles. The van der Waals surface area contributed by atoms with E-state index in [2.05, 4.69) is 17.2 Å². The normalized spacial score (nSPS) is 18.0. The van der Waals surface area contributed by atoms with Gasteiger partial charge in [-0.05, 0) is 25.2 Å². The third-order valence-corrected chi connectivity index (χ3v) is 5.69. The number of aliphatic imine (C=N–C) groups is 1. The lowest BCUT2D eigenvalue weighted by Crippen LogP contribution is -2.45. The summed E-state index contributed by atoms with van der Waals surface area (Å²) >= 11 is 0. The summed E-state index contributed by atoms with van der Waals surface area (Å²) in [5.74, 6) is 0.377. The number of hydrogen-bond acceptors (Lipinski definition) is 3. The van der Waals surface area contributed by atoms with E-state index in [0.29, 0.717) is 29.7 Å². The van der Waals surface area contributed by atoms with Crippen LogP contribution in [0.1, 0.15) is 45.4 Å². The van der Waals surface area contributed by atoms with Gasteiger partial charge in [0.1, 0.15) is 0 Å². The number of halogens is 4. The molecule has 25 heavy (non-hydrogen) atoms. The first-order valence-corrected chi connectivity index (χ1v) is 9.72. The molecule has 0 atom stereocenters. The fourth-order valence-corrected chi connectivity index (χ4v) is 3.51. The van der Waals surface area contributed by atoms with Crippen molar-refractivity contribution in [2.24, 2.45) is 16.6 Å². The van der Waals surface area contributed by atoms with Crippen LogP contribution in [-0.4, -0.2) is 50.4 Å². The van der Waals surface area contributed by atoms with Gasteiger partial charge in [0.05, 0.1) is 0 Å². The maximum Gasteiger partial charge on any atom is 0.511 e. The minimum atomic E-state index is -5.23. The van der Waals surface area contributed by atoms with Gasteiger partial charge in [-0.1, -0.05) is 26.2 Å². The molecule has 1 aliphatic heterocycles. The van der Waals surface area contributed by atoms with Crippen molar-refractivity contribution in [3.8, 4) is 0 Å². The number of hydrogen-bond donors (Lipinski definition) is 2. The highest BCUT2D eigenvalue weighted by Crippen LogP contribution is 2.30. The minimum Gasteiger partial charge on any atom is -0.370 e. The van der Waals surface area contributed by atoms with E-state index < -0.39 is 15.5 Å². The molecule has 1 aliphatic rings. The monoisotopic (exact) mass is 500 g/mol. The Bertz CT molecular complexity index is 507. The second-order valence-corrected chi connectivity index (χ2v) is 7.94. The highest BCUT2D eigenvalue weighted by molar-refractivity contribution is 14.0. The van der Waals surface area contributed by atoms with Gasteiger partial charge in [0.15, 0.2) is 5.96 Å². The van der Waals surface area contributed by atoms with Crippen LogP contribution in [0, 0.1) is 5.92 Å². The second kappa shape index (κ2) is 11.4. The van der Waals surface area contributed by atoms with Crippen LogP contribution in [0.25, 0.3) is 0 Å². The van der Waals surface area contributed by atoms with Crippen molar-refractivity contribution in [1.29, 1.82) is 0 Å². The number of rotatable bonds is 8. The summed E-state index contributed by atoms with van der Waals surface area (Å²) in [6.45, 7) is 3.01. The Morgan fingerprint density at radius 3 is 2.36 bits per heavy atom. The van der Waals surface area contributed by atoms with Gasteiger partial charge in [0.2, 0.25) is 0 Å². The first kappa shape index (κ1) is 24.7. The van der Waals surface area contributed by atoms with E-state index in [9.17, 15) is 21.6 Å². The van der Waals surface area contributed by atoms with Crippen LogP contribution < -0.4 is 11.1 Å². The molecule has 1 saturated heterocycles. The number of unbranched alkanes of at least 4 members (excludes halogenated alkanes) is 3. The quantitative estimate of drug-likeness (QED) is 0.232. The largest absolute Gasteiger partial charge is 0.511 e. The zero-order valence-corrected chi connectivity index (χ0v) is 17.5. The maximum atomic E-state index is 12.5. The maximum absolute atomic E-state index is 12.5. The Balaban J connectivity index is 0.00000576. The van der Waals surface area contributed by atoms with Crippen molar-refractivity contribution in [2.75, 3.05) is 26.2 Å². The third-order valence-electron chi connectivity index (χ3n) is 4.06. The summed E-state index contributed by atoms with van der Waals surface area (Å²) in [6.07, 6.45) is 5.18. The molecule has 0 saturated carbocycles. The van der Waals surface area contributed by atoms with E-state index in [-0.39, 0.29) is 43.0 Å². The Morgan fingerprint density at radius 1 is 1.24 bits per heavy atom. The molecule has 0 aliphatic carbocycles. The molecule has 11 heteroatoms. The summed E-state index contributed by atoms with van der Waals surface area (Å²) in [7, 11) is -5.21. The predicted octanol–water partition coefficient (Wildman–Crippen LogP) is 2.65. The van der Waals surface area contributed by atoms with Gasteiger partial charge in [0, 0.05) is 26.2 Å². The summed E-state index contributed by atoms with van der Waals surface area (Å²) in [5.41, 5.74) is 0.511. The van der Waals surface area contributed by atoms with Crippen LogP contribution in [0.15, 0.2) is 4.99 Å². The van der Waals surface area contributed by atoms with Crippen LogP contribution in [0.4, 0.5) is 13.2 Å². The van der Waals surface area contributed by atoms with Gasteiger partial charge in [-0.15, -0.1) is 24.0 Å².